The number of hydrogen-bond acceptors (Lipinski definition) is 2. The number of rotatable bonds is 6. The molecule has 0 atom stereocenters. The Balaban J connectivity index is 1.40. The summed E-state index contributed by atoms with van der Waals surface area (Å²) in [4.78, 5) is 12.7. The van der Waals surface area contributed by atoms with E-state index in [9.17, 15) is 4.79 Å². The van der Waals surface area contributed by atoms with E-state index in [0.717, 1.165) is 30.0 Å². The van der Waals surface area contributed by atoms with E-state index in [4.69, 9.17) is 0 Å². The summed E-state index contributed by atoms with van der Waals surface area (Å²) in [6, 6.07) is 20.3. The fourth-order valence-corrected chi connectivity index (χ4v) is 3.67. The number of aryl methyl sites for hydroxylation is 2. The number of carbonyl (C=O) groups excluding carboxylic acids is 1. The molecule has 0 aliphatic carbocycles. The molecular weight excluding hydrogens is 348 g/mol. The van der Waals surface area contributed by atoms with Crippen molar-refractivity contribution in [2.45, 2.75) is 26.8 Å². The van der Waals surface area contributed by atoms with Crippen LogP contribution in [0.2, 0.25) is 0 Å². The van der Waals surface area contributed by atoms with Gasteiger partial charge in [0, 0.05) is 24.8 Å². The molecule has 0 spiro atoms. The van der Waals surface area contributed by atoms with E-state index < -0.39 is 0 Å². The molecule has 1 amide bonds. The molecule has 142 valence electrons. The highest BCUT2D eigenvalue weighted by Crippen LogP contribution is 2.18. The number of nitrogens with one attached hydrogen (secondary N) is 1. The molecule has 0 aliphatic rings. The van der Waals surface area contributed by atoms with E-state index >= 15 is 0 Å². The van der Waals surface area contributed by atoms with Gasteiger partial charge in [-0.05, 0) is 49.9 Å². The van der Waals surface area contributed by atoms with Gasteiger partial charge in [-0.1, -0.05) is 36.4 Å². The highest BCUT2D eigenvalue weighted by molar-refractivity contribution is 5.96. The van der Waals surface area contributed by atoms with Crippen LogP contribution in [0.4, 0.5) is 0 Å². The predicted octanol–water partition coefficient (Wildman–Crippen LogP) is 4.26. The Labute approximate surface area is 164 Å². The lowest BCUT2D eigenvalue weighted by Gasteiger charge is -2.08. The van der Waals surface area contributed by atoms with Crippen molar-refractivity contribution in [3.63, 3.8) is 0 Å². The number of amides is 1. The number of nitrogens with zero attached hydrogens (tertiary/aromatic N) is 3. The SMILES string of the molecule is Cc1nn(-c2ccccc2)c(C)c1C(=O)NCCCn1ccc2ccccc21. The van der Waals surface area contributed by atoms with Crippen LogP contribution in [-0.4, -0.2) is 26.8 Å². The molecule has 28 heavy (non-hydrogen) atoms. The normalized spacial score (nSPS) is 11.1. The zero-order valence-electron chi connectivity index (χ0n) is 16.2. The van der Waals surface area contributed by atoms with Crippen LogP contribution in [0.3, 0.4) is 0 Å². The van der Waals surface area contributed by atoms with Gasteiger partial charge in [-0.3, -0.25) is 4.79 Å². The van der Waals surface area contributed by atoms with Crippen molar-refractivity contribution >= 4 is 16.8 Å². The van der Waals surface area contributed by atoms with Gasteiger partial charge in [0.15, 0.2) is 0 Å². The highest BCUT2D eigenvalue weighted by atomic mass is 16.1. The summed E-state index contributed by atoms with van der Waals surface area (Å²) < 4.78 is 4.06. The first kappa shape index (κ1) is 18.0. The third-order valence-corrected chi connectivity index (χ3v) is 5.06. The van der Waals surface area contributed by atoms with E-state index in [1.165, 1.54) is 10.9 Å². The van der Waals surface area contributed by atoms with Crippen molar-refractivity contribution in [1.29, 1.82) is 0 Å². The summed E-state index contributed by atoms with van der Waals surface area (Å²) in [7, 11) is 0. The molecule has 0 saturated carbocycles. The van der Waals surface area contributed by atoms with Gasteiger partial charge in [0.05, 0.1) is 22.6 Å². The van der Waals surface area contributed by atoms with Gasteiger partial charge in [0.25, 0.3) is 5.91 Å². The van der Waals surface area contributed by atoms with E-state index in [-0.39, 0.29) is 5.91 Å². The summed E-state index contributed by atoms with van der Waals surface area (Å²) in [6.07, 6.45) is 2.97. The van der Waals surface area contributed by atoms with Crippen LogP contribution in [0.25, 0.3) is 16.6 Å². The number of aromatic nitrogens is 3. The van der Waals surface area contributed by atoms with Gasteiger partial charge in [-0.25, -0.2) is 4.68 Å². The zero-order valence-corrected chi connectivity index (χ0v) is 16.2. The summed E-state index contributed by atoms with van der Waals surface area (Å²) in [5.41, 5.74) is 4.45. The third kappa shape index (κ3) is 3.43. The minimum atomic E-state index is -0.0606. The van der Waals surface area contributed by atoms with Gasteiger partial charge in [-0.2, -0.15) is 5.10 Å². The lowest BCUT2D eigenvalue weighted by atomic mass is 10.2. The van der Waals surface area contributed by atoms with E-state index in [1.54, 1.807) is 0 Å². The molecule has 0 radical (unpaired) electrons. The zero-order chi connectivity index (χ0) is 19.5. The Kier molecular flexibility index (Phi) is 4.98. The van der Waals surface area contributed by atoms with Crippen LogP contribution in [0.1, 0.15) is 28.2 Å². The Morgan fingerprint density at radius 1 is 1.00 bits per heavy atom. The topological polar surface area (TPSA) is 51.9 Å². The second-order valence-corrected chi connectivity index (χ2v) is 6.97. The standard InChI is InChI=1S/C23H24N4O/c1-17-22(18(2)27(25-17)20-10-4-3-5-11-20)23(28)24-14-8-15-26-16-13-19-9-6-7-12-21(19)26/h3-7,9-13,16H,8,14-15H2,1-2H3,(H,24,28). The van der Waals surface area contributed by atoms with Crippen LogP contribution in [0.15, 0.2) is 66.9 Å². The Morgan fingerprint density at radius 2 is 1.75 bits per heavy atom. The van der Waals surface area contributed by atoms with E-state index in [1.807, 2.05) is 54.9 Å². The summed E-state index contributed by atoms with van der Waals surface area (Å²) in [5, 5.41) is 8.85. The lowest BCUT2D eigenvalue weighted by molar-refractivity contribution is 0.0951. The van der Waals surface area contributed by atoms with Crippen LogP contribution in [0, 0.1) is 13.8 Å². The maximum absolute atomic E-state index is 12.7. The monoisotopic (exact) mass is 372 g/mol. The van der Waals surface area contributed by atoms with Gasteiger partial charge < -0.3 is 9.88 Å². The Morgan fingerprint density at radius 3 is 2.57 bits per heavy atom. The molecule has 0 saturated heterocycles. The quantitative estimate of drug-likeness (QED) is 0.514. The number of hydrogen-bond donors (Lipinski definition) is 1. The number of carbonyl (C=O) groups is 1. The molecule has 0 unspecified atom stereocenters. The minimum Gasteiger partial charge on any atom is -0.352 e. The molecule has 5 heteroatoms. The van der Waals surface area contributed by atoms with Gasteiger partial charge in [0.1, 0.15) is 0 Å². The van der Waals surface area contributed by atoms with Gasteiger partial charge in [0.2, 0.25) is 0 Å². The fourth-order valence-electron chi connectivity index (χ4n) is 3.67. The summed E-state index contributed by atoms with van der Waals surface area (Å²) in [5.74, 6) is -0.0606. The maximum atomic E-state index is 12.7. The van der Waals surface area contributed by atoms with Crippen molar-refractivity contribution in [1.82, 2.24) is 19.7 Å². The van der Waals surface area contributed by atoms with E-state index in [0.29, 0.717) is 12.1 Å². The third-order valence-electron chi connectivity index (χ3n) is 5.06. The molecule has 2 aromatic heterocycles. The van der Waals surface area contributed by atoms with Gasteiger partial charge >= 0.3 is 0 Å². The first-order valence-corrected chi connectivity index (χ1v) is 9.59. The number of para-hydroxylation sites is 2. The molecule has 0 aliphatic heterocycles. The summed E-state index contributed by atoms with van der Waals surface area (Å²) in [6.45, 7) is 5.32. The second kappa shape index (κ2) is 7.72. The van der Waals surface area contributed by atoms with Crippen LogP contribution < -0.4 is 5.32 Å². The second-order valence-electron chi connectivity index (χ2n) is 6.97. The van der Waals surface area contributed by atoms with Crippen molar-refractivity contribution in [2.24, 2.45) is 0 Å². The van der Waals surface area contributed by atoms with Gasteiger partial charge in [-0.15, -0.1) is 0 Å². The average molecular weight is 372 g/mol. The molecule has 4 rings (SSSR count). The first-order valence-electron chi connectivity index (χ1n) is 9.59. The van der Waals surface area contributed by atoms with Crippen LogP contribution >= 0.6 is 0 Å². The van der Waals surface area contributed by atoms with E-state index in [2.05, 4.69) is 45.4 Å². The predicted molar refractivity (Wildman–Crippen MR) is 112 cm³/mol. The molecular formula is C23H24N4O. The smallest absolute Gasteiger partial charge is 0.255 e. The summed E-state index contributed by atoms with van der Waals surface area (Å²) >= 11 is 0. The molecule has 4 aromatic rings. The Bertz CT molecular complexity index is 1110. The largest absolute Gasteiger partial charge is 0.352 e. The Hall–Kier alpha value is -3.34. The first-order chi connectivity index (χ1) is 13.6. The molecule has 0 fully saturated rings. The highest BCUT2D eigenvalue weighted by Gasteiger charge is 2.18. The molecule has 0 bridgehead atoms. The lowest BCUT2D eigenvalue weighted by Crippen LogP contribution is -2.26. The molecule has 2 aromatic carbocycles. The minimum absolute atomic E-state index is 0.0606. The van der Waals surface area contributed by atoms with Crippen molar-refractivity contribution in [3.05, 3.63) is 83.8 Å². The van der Waals surface area contributed by atoms with Crippen molar-refractivity contribution < 1.29 is 4.79 Å². The fraction of sp³-hybridized carbons (Fsp3) is 0.217. The van der Waals surface area contributed by atoms with Crippen molar-refractivity contribution in [3.8, 4) is 5.69 Å². The molecule has 5 nitrogen and oxygen atoms in total. The van der Waals surface area contributed by atoms with Crippen molar-refractivity contribution in [2.75, 3.05) is 6.54 Å². The molecule has 2 heterocycles. The van der Waals surface area contributed by atoms with Crippen LogP contribution in [0.5, 0.6) is 0 Å². The molecule has 1 N–H and O–H groups in total. The van der Waals surface area contributed by atoms with Crippen LogP contribution in [-0.2, 0) is 6.54 Å². The average Bonchev–Trinajstić information content (AvgIpc) is 3.26. The number of benzene rings is 2. The number of fused-ring (bicyclic) bond motifs is 1. The maximum Gasteiger partial charge on any atom is 0.255 e.